The Morgan fingerprint density at radius 3 is 2.45 bits per heavy atom. The second-order valence-corrected chi connectivity index (χ2v) is 11.7. The van der Waals surface area contributed by atoms with E-state index in [1.54, 1.807) is 28.2 Å². The van der Waals surface area contributed by atoms with Gasteiger partial charge in [-0.1, -0.05) is 36.7 Å². The lowest BCUT2D eigenvalue weighted by Crippen LogP contribution is -2.27. The molecule has 2 aromatic carbocycles. The van der Waals surface area contributed by atoms with Crippen LogP contribution < -0.4 is 4.74 Å². The third kappa shape index (κ3) is 4.66. The van der Waals surface area contributed by atoms with Gasteiger partial charge in [-0.2, -0.15) is 4.31 Å². The molecular formula is C25H31N3O3S2. The number of aromatic nitrogens is 2. The van der Waals surface area contributed by atoms with E-state index in [0.717, 1.165) is 53.4 Å². The van der Waals surface area contributed by atoms with Gasteiger partial charge in [0, 0.05) is 24.9 Å². The Kier molecular flexibility index (Phi) is 6.67. The van der Waals surface area contributed by atoms with Gasteiger partial charge in [-0.25, -0.2) is 13.4 Å². The average molecular weight is 486 g/mol. The molecule has 1 saturated carbocycles. The summed E-state index contributed by atoms with van der Waals surface area (Å²) in [4.78, 5) is 5.30. The molecule has 3 aromatic rings. The van der Waals surface area contributed by atoms with Gasteiger partial charge in [0.1, 0.15) is 5.75 Å². The van der Waals surface area contributed by atoms with Crippen molar-refractivity contribution in [2.24, 2.45) is 0 Å². The maximum atomic E-state index is 13.1. The van der Waals surface area contributed by atoms with Crippen molar-refractivity contribution >= 4 is 32.8 Å². The number of sulfonamides is 1. The molecule has 1 aliphatic carbocycles. The van der Waals surface area contributed by atoms with Crippen molar-refractivity contribution in [2.75, 3.05) is 19.7 Å². The highest BCUT2D eigenvalue weighted by molar-refractivity contribution is 7.98. The zero-order valence-corrected chi connectivity index (χ0v) is 20.7. The Balaban J connectivity index is 1.45. The zero-order valence-electron chi connectivity index (χ0n) is 19.1. The monoisotopic (exact) mass is 485 g/mol. The largest absolute Gasteiger partial charge is 0.494 e. The number of benzene rings is 2. The zero-order chi connectivity index (χ0) is 22.8. The number of thioether (sulfide) groups is 1. The minimum absolute atomic E-state index is 0.357. The number of rotatable bonds is 8. The van der Waals surface area contributed by atoms with Crippen molar-refractivity contribution in [3.8, 4) is 5.75 Å². The number of nitrogens with zero attached hydrogens (tertiary/aromatic N) is 3. The molecule has 0 spiro atoms. The summed E-state index contributed by atoms with van der Waals surface area (Å²) in [5.41, 5.74) is 3.03. The molecule has 2 aliphatic rings. The predicted octanol–water partition coefficient (Wildman–Crippen LogP) is 5.63. The number of hydrogen-bond donors (Lipinski definition) is 0. The fourth-order valence-electron chi connectivity index (χ4n) is 4.91. The summed E-state index contributed by atoms with van der Waals surface area (Å²) in [7, 11) is -3.45. The third-order valence-corrected chi connectivity index (χ3v) is 9.54. The summed E-state index contributed by atoms with van der Waals surface area (Å²) in [6.45, 7) is 3.87. The molecule has 0 atom stereocenters. The van der Waals surface area contributed by atoms with E-state index in [4.69, 9.17) is 9.72 Å². The van der Waals surface area contributed by atoms with Crippen molar-refractivity contribution in [3.63, 3.8) is 0 Å². The van der Waals surface area contributed by atoms with Crippen LogP contribution >= 0.6 is 11.8 Å². The Bertz CT molecular complexity index is 1210. The van der Waals surface area contributed by atoms with Crippen molar-refractivity contribution in [2.45, 2.75) is 67.3 Å². The molecule has 6 nitrogen and oxygen atoms in total. The van der Waals surface area contributed by atoms with Crippen LogP contribution in [0.15, 0.2) is 52.5 Å². The van der Waals surface area contributed by atoms with Crippen LogP contribution in [0, 0.1) is 0 Å². The molecule has 0 amide bonds. The van der Waals surface area contributed by atoms with Crippen LogP contribution in [0.1, 0.15) is 57.1 Å². The third-order valence-electron chi connectivity index (χ3n) is 6.62. The fraction of sp³-hybridized carbons (Fsp3) is 0.480. The van der Waals surface area contributed by atoms with Crippen LogP contribution in [0.25, 0.3) is 11.0 Å². The smallest absolute Gasteiger partial charge is 0.243 e. The molecule has 1 aromatic heterocycles. The first kappa shape index (κ1) is 22.7. The van der Waals surface area contributed by atoms with E-state index in [0.29, 0.717) is 30.6 Å². The van der Waals surface area contributed by atoms with Crippen molar-refractivity contribution in [1.82, 2.24) is 13.9 Å². The minimum Gasteiger partial charge on any atom is -0.494 e. The summed E-state index contributed by atoms with van der Waals surface area (Å²) in [5.74, 6) is 1.69. The quantitative estimate of drug-likeness (QED) is 0.387. The molecule has 2 heterocycles. The molecule has 8 heteroatoms. The normalized spacial score (nSPS) is 17.8. The van der Waals surface area contributed by atoms with Gasteiger partial charge in [-0.3, -0.25) is 0 Å². The first-order chi connectivity index (χ1) is 16.1. The summed E-state index contributed by atoms with van der Waals surface area (Å²) in [5, 5.41) is 0.974. The van der Waals surface area contributed by atoms with E-state index in [-0.39, 0.29) is 0 Å². The SMILES string of the molecule is CCOc1ccc(CSc2nc3cc(S(=O)(=O)N4CCCC4)ccc3n2C2CCCC2)cc1. The van der Waals surface area contributed by atoms with Crippen LogP contribution in [0.2, 0.25) is 0 Å². The molecular weight excluding hydrogens is 454 g/mol. The lowest BCUT2D eigenvalue weighted by Gasteiger charge is -2.17. The lowest BCUT2D eigenvalue weighted by molar-refractivity contribution is 0.340. The topological polar surface area (TPSA) is 64.4 Å². The van der Waals surface area contributed by atoms with Crippen molar-refractivity contribution in [3.05, 3.63) is 48.0 Å². The average Bonchev–Trinajstić information content (AvgIpc) is 3.59. The molecule has 0 radical (unpaired) electrons. The van der Waals surface area contributed by atoms with E-state index in [2.05, 4.69) is 16.7 Å². The number of ether oxygens (including phenoxy) is 1. The van der Waals surface area contributed by atoms with Gasteiger partial charge < -0.3 is 9.30 Å². The standard InChI is InChI=1S/C25H31N3O3S2/c1-2-31-21-11-9-19(10-12-21)18-32-25-26-23-17-22(33(29,30)27-15-5-6-16-27)13-14-24(23)28(25)20-7-3-4-8-20/h9-14,17,20H,2-8,15-16,18H2,1H3. The maximum Gasteiger partial charge on any atom is 0.243 e. The summed E-state index contributed by atoms with van der Waals surface area (Å²) in [6, 6.07) is 14.1. The summed E-state index contributed by atoms with van der Waals surface area (Å²) < 4.78 is 35.7. The molecule has 1 aliphatic heterocycles. The summed E-state index contributed by atoms with van der Waals surface area (Å²) >= 11 is 1.72. The van der Waals surface area contributed by atoms with E-state index < -0.39 is 10.0 Å². The highest BCUT2D eigenvalue weighted by Crippen LogP contribution is 2.38. The van der Waals surface area contributed by atoms with Gasteiger partial charge in [-0.15, -0.1) is 0 Å². The highest BCUT2D eigenvalue weighted by Gasteiger charge is 2.29. The van der Waals surface area contributed by atoms with Crippen LogP contribution in [0.4, 0.5) is 0 Å². The van der Waals surface area contributed by atoms with E-state index in [1.165, 1.54) is 18.4 Å². The predicted molar refractivity (Wildman–Crippen MR) is 132 cm³/mol. The Hall–Kier alpha value is -2.03. The van der Waals surface area contributed by atoms with E-state index in [1.807, 2.05) is 25.1 Å². The number of imidazole rings is 1. The molecule has 0 unspecified atom stereocenters. The Labute approximate surface area is 200 Å². The van der Waals surface area contributed by atoms with Crippen LogP contribution in [0.5, 0.6) is 5.75 Å². The second-order valence-electron chi connectivity index (χ2n) is 8.83. The number of hydrogen-bond acceptors (Lipinski definition) is 5. The van der Waals surface area contributed by atoms with Gasteiger partial charge in [0.25, 0.3) is 0 Å². The number of fused-ring (bicyclic) bond motifs is 1. The van der Waals surface area contributed by atoms with Gasteiger partial charge in [0.15, 0.2) is 5.16 Å². The molecule has 0 N–H and O–H groups in total. The molecule has 5 rings (SSSR count). The molecule has 33 heavy (non-hydrogen) atoms. The van der Waals surface area contributed by atoms with E-state index >= 15 is 0 Å². The van der Waals surface area contributed by atoms with Crippen LogP contribution in [0.3, 0.4) is 0 Å². The molecule has 1 saturated heterocycles. The van der Waals surface area contributed by atoms with Crippen LogP contribution in [-0.2, 0) is 15.8 Å². The second kappa shape index (κ2) is 9.68. The maximum absolute atomic E-state index is 13.1. The minimum atomic E-state index is -3.45. The lowest BCUT2D eigenvalue weighted by atomic mass is 10.2. The van der Waals surface area contributed by atoms with Gasteiger partial charge in [0.05, 0.1) is 22.5 Å². The summed E-state index contributed by atoms with van der Waals surface area (Å²) in [6.07, 6.45) is 6.63. The Morgan fingerprint density at radius 1 is 1.03 bits per heavy atom. The molecule has 0 bridgehead atoms. The van der Waals surface area contributed by atoms with Gasteiger partial charge in [0.2, 0.25) is 10.0 Å². The fourth-order valence-corrected chi connectivity index (χ4v) is 7.48. The first-order valence-corrected chi connectivity index (χ1v) is 14.4. The van der Waals surface area contributed by atoms with Gasteiger partial charge in [-0.05, 0) is 68.5 Å². The van der Waals surface area contributed by atoms with E-state index in [9.17, 15) is 8.42 Å². The first-order valence-electron chi connectivity index (χ1n) is 11.9. The van der Waals surface area contributed by atoms with Gasteiger partial charge >= 0.3 is 0 Å². The highest BCUT2D eigenvalue weighted by atomic mass is 32.2. The van der Waals surface area contributed by atoms with Crippen molar-refractivity contribution in [1.29, 1.82) is 0 Å². The molecule has 176 valence electrons. The molecule has 2 fully saturated rings. The Morgan fingerprint density at radius 2 is 1.76 bits per heavy atom. The van der Waals surface area contributed by atoms with Crippen LogP contribution in [-0.4, -0.2) is 42.0 Å². The van der Waals surface area contributed by atoms with Crippen molar-refractivity contribution < 1.29 is 13.2 Å².